The van der Waals surface area contributed by atoms with Gasteiger partial charge in [0.1, 0.15) is 0 Å². The van der Waals surface area contributed by atoms with E-state index >= 15 is 0 Å². The molecule has 0 aromatic heterocycles. The maximum absolute atomic E-state index is 12.4. The second kappa shape index (κ2) is 8.64. The Balaban J connectivity index is 1.64. The largest absolute Gasteiger partial charge is 0.480 e. The molecule has 1 saturated carbocycles. The van der Waals surface area contributed by atoms with Crippen molar-refractivity contribution in [2.45, 2.75) is 63.5 Å². The molecule has 2 N–H and O–H groups in total. The van der Waals surface area contributed by atoms with Crippen LogP contribution in [-0.4, -0.2) is 49.3 Å². The van der Waals surface area contributed by atoms with Crippen LogP contribution >= 0.6 is 0 Å². The summed E-state index contributed by atoms with van der Waals surface area (Å²) in [7, 11) is -3.97. The molecule has 1 aromatic rings. The molecule has 1 aliphatic carbocycles. The lowest BCUT2D eigenvalue weighted by Crippen LogP contribution is -2.34. The molecule has 1 heterocycles. The molecule has 6 nitrogen and oxygen atoms in total. The zero-order valence-electron chi connectivity index (χ0n) is 17.7. The second-order valence-corrected chi connectivity index (χ2v) is 10.6. The molecule has 3 rings (SSSR count). The molecule has 7 heteroatoms. The van der Waals surface area contributed by atoms with Crippen molar-refractivity contribution < 1.29 is 18.3 Å². The van der Waals surface area contributed by atoms with Gasteiger partial charge in [0.15, 0.2) is 5.25 Å². The van der Waals surface area contributed by atoms with Crippen molar-refractivity contribution in [3.8, 4) is 0 Å². The van der Waals surface area contributed by atoms with Crippen LogP contribution in [-0.2, 0) is 20.2 Å². The quantitative estimate of drug-likeness (QED) is 0.531. The maximum atomic E-state index is 12.4. The Morgan fingerprint density at radius 3 is 2.52 bits per heavy atom. The summed E-state index contributed by atoms with van der Waals surface area (Å²) in [6, 6.07) is 7.50. The predicted octanol–water partition coefficient (Wildman–Crippen LogP) is 3.69. The standard InChI is InChI=1S/C22H34N2O4S/c1-4-6-7-8-12-24-14-18-19(15-24)22(18,3)16-10-9-11-17(13-16)23-29(27,28)20(5-2)21(25)26/h9-11,13,18-20,23H,4-8,12,14-15H2,1-3H3,(H,25,26). The van der Waals surface area contributed by atoms with E-state index in [0.717, 1.165) is 18.7 Å². The molecule has 1 saturated heterocycles. The summed E-state index contributed by atoms with van der Waals surface area (Å²) >= 11 is 0. The van der Waals surface area contributed by atoms with Crippen molar-refractivity contribution >= 4 is 21.7 Å². The Hall–Kier alpha value is -1.60. The highest BCUT2D eigenvalue weighted by Gasteiger charge is 2.65. The summed E-state index contributed by atoms with van der Waals surface area (Å²) in [5, 5.41) is 7.74. The summed E-state index contributed by atoms with van der Waals surface area (Å²) in [4.78, 5) is 13.8. The molecule has 0 amide bonds. The molecule has 29 heavy (non-hydrogen) atoms. The zero-order valence-corrected chi connectivity index (χ0v) is 18.5. The number of likely N-dealkylation sites (tertiary alicyclic amines) is 1. The summed E-state index contributed by atoms with van der Waals surface area (Å²) < 4.78 is 27.4. The topological polar surface area (TPSA) is 86.7 Å². The number of sulfonamides is 1. The van der Waals surface area contributed by atoms with Crippen LogP contribution in [0.5, 0.6) is 0 Å². The van der Waals surface area contributed by atoms with Crippen molar-refractivity contribution in [3.05, 3.63) is 29.8 Å². The van der Waals surface area contributed by atoms with Crippen molar-refractivity contribution in [2.75, 3.05) is 24.4 Å². The van der Waals surface area contributed by atoms with E-state index in [1.807, 2.05) is 12.1 Å². The van der Waals surface area contributed by atoms with Crippen LogP contribution in [0.2, 0.25) is 0 Å². The molecular formula is C22H34N2O4S. The summed E-state index contributed by atoms with van der Waals surface area (Å²) in [6.45, 7) is 9.47. The summed E-state index contributed by atoms with van der Waals surface area (Å²) in [5.74, 6) is -0.0928. The van der Waals surface area contributed by atoms with Gasteiger partial charge in [0.05, 0.1) is 0 Å². The number of aliphatic carboxylic acids is 1. The minimum absolute atomic E-state index is 0.0281. The number of unbranched alkanes of at least 4 members (excludes halogenated alkanes) is 3. The van der Waals surface area contributed by atoms with Crippen LogP contribution in [0, 0.1) is 11.8 Å². The minimum atomic E-state index is -3.97. The predicted molar refractivity (Wildman–Crippen MR) is 116 cm³/mol. The first-order valence-electron chi connectivity index (χ1n) is 10.8. The van der Waals surface area contributed by atoms with E-state index in [9.17, 15) is 18.3 Å². The number of piperidine rings is 1. The molecule has 3 atom stereocenters. The Labute approximate surface area is 174 Å². The lowest BCUT2D eigenvalue weighted by atomic mass is 9.92. The van der Waals surface area contributed by atoms with Crippen molar-refractivity contribution in [1.82, 2.24) is 4.90 Å². The van der Waals surface area contributed by atoms with Gasteiger partial charge in [-0.05, 0) is 48.9 Å². The fourth-order valence-corrected chi connectivity index (χ4v) is 6.32. The molecule has 0 spiro atoms. The Bertz CT molecular complexity index is 827. The highest BCUT2D eigenvalue weighted by molar-refractivity contribution is 7.94. The first kappa shape index (κ1) is 22.1. The van der Waals surface area contributed by atoms with Gasteiger partial charge in [-0.3, -0.25) is 9.52 Å². The fraction of sp³-hybridized carbons (Fsp3) is 0.682. The normalized spacial score (nSPS) is 27.4. The van der Waals surface area contributed by atoms with E-state index in [2.05, 4.69) is 29.5 Å². The minimum Gasteiger partial charge on any atom is -0.480 e. The summed E-state index contributed by atoms with van der Waals surface area (Å²) in [6.07, 6.45) is 5.16. The number of benzene rings is 1. The highest BCUT2D eigenvalue weighted by Crippen LogP contribution is 2.63. The van der Waals surface area contributed by atoms with Crippen molar-refractivity contribution in [1.29, 1.82) is 0 Å². The Kier molecular flexibility index (Phi) is 6.58. The van der Waals surface area contributed by atoms with Crippen LogP contribution in [0.1, 0.15) is 58.4 Å². The van der Waals surface area contributed by atoms with Crippen molar-refractivity contribution in [3.63, 3.8) is 0 Å². The lowest BCUT2D eigenvalue weighted by molar-refractivity contribution is -0.136. The number of rotatable bonds is 11. The van der Waals surface area contributed by atoms with E-state index in [4.69, 9.17) is 0 Å². The smallest absolute Gasteiger partial charge is 0.323 e. The van der Waals surface area contributed by atoms with Gasteiger partial charge in [0.25, 0.3) is 0 Å². The monoisotopic (exact) mass is 422 g/mol. The average molecular weight is 423 g/mol. The van der Waals surface area contributed by atoms with E-state index in [1.54, 1.807) is 13.0 Å². The molecule has 0 bridgehead atoms. The van der Waals surface area contributed by atoms with Gasteiger partial charge in [-0.15, -0.1) is 0 Å². The number of nitrogens with zero attached hydrogens (tertiary/aromatic N) is 1. The van der Waals surface area contributed by atoms with E-state index < -0.39 is 21.2 Å². The van der Waals surface area contributed by atoms with Gasteiger partial charge in [0, 0.05) is 24.2 Å². The Morgan fingerprint density at radius 1 is 1.24 bits per heavy atom. The van der Waals surface area contributed by atoms with Crippen molar-refractivity contribution in [2.24, 2.45) is 11.8 Å². The van der Waals surface area contributed by atoms with Crippen LogP contribution in [0.3, 0.4) is 0 Å². The maximum Gasteiger partial charge on any atom is 0.323 e. The molecule has 2 aliphatic rings. The average Bonchev–Trinajstić information content (AvgIpc) is 3.01. The number of carboxylic acid groups (broad SMARTS) is 1. The third-order valence-electron chi connectivity index (χ3n) is 6.92. The number of fused-ring (bicyclic) bond motifs is 1. The molecule has 2 fully saturated rings. The molecule has 162 valence electrons. The van der Waals surface area contributed by atoms with Gasteiger partial charge >= 0.3 is 5.97 Å². The van der Waals surface area contributed by atoms with Gasteiger partial charge in [-0.1, -0.05) is 52.2 Å². The fourth-order valence-electron chi connectivity index (χ4n) is 5.02. The van der Waals surface area contributed by atoms with E-state index in [0.29, 0.717) is 17.5 Å². The number of carboxylic acids is 1. The van der Waals surface area contributed by atoms with Gasteiger partial charge in [-0.2, -0.15) is 0 Å². The Morgan fingerprint density at radius 2 is 1.93 bits per heavy atom. The molecule has 0 radical (unpaired) electrons. The molecule has 1 aromatic carbocycles. The first-order valence-corrected chi connectivity index (χ1v) is 12.4. The number of anilines is 1. The van der Waals surface area contributed by atoms with Gasteiger partial charge in [0.2, 0.25) is 10.0 Å². The van der Waals surface area contributed by atoms with Gasteiger partial charge in [-0.25, -0.2) is 8.42 Å². The van der Waals surface area contributed by atoms with Crippen LogP contribution in [0.4, 0.5) is 5.69 Å². The van der Waals surface area contributed by atoms with Gasteiger partial charge < -0.3 is 10.0 Å². The third-order valence-corrected chi connectivity index (χ3v) is 8.72. The number of nitrogens with one attached hydrogen (secondary N) is 1. The SMILES string of the molecule is CCCCCCN1CC2C(C1)C2(C)c1cccc(NS(=O)(=O)C(CC)C(=O)O)c1. The van der Waals surface area contributed by atoms with Crippen LogP contribution in [0.15, 0.2) is 24.3 Å². The number of hydrogen-bond donors (Lipinski definition) is 2. The highest BCUT2D eigenvalue weighted by atomic mass is 32.2. The molecule has 1 aliphatic heterocycles. The first-order chi connectivity index (χ1) is 13.7. The summed E-state index contributed by atoms with van der Waals surface area (Å²) in [5.41, 5.74) is 1.67. The third kappa shape index (κ3) is 4.45. The number of carbonyl (C=O) groups is 1. The second-order valence-electron chi connectivity index (χ2n) is 8.78. The van der Waals surface area contributed by atoms with Crippen LogP contribution in [0.25, 0.3) is 0 Å². The van der Waals surface area contributed by atoms with E-state index in [1.165, 1.54) is 32.2 Å². The van der Waals surface area contributed by atoms with Crippen LogP contribution < -0.4 is 4.72 Å². The zero-order chi connectivity index (χ0) is 21.2. The van der Waals surface area contributed by atoms with E-state index in [-0.39, 0.29) is 11.8 Å². The molecule has 3 unspecified atom stereocenters. The molecular weight excluding hydrogens is 388 g/mol. The lowest BCUT2D eigenvalue weighted by Gasteiger charge is -2.25. The number of hydrogen-bond acceptors (Lipinski definition) is 4.